The fourth-order valence-corrected chi connectivity index (χ4v) is 6.84. The molecule has 0 atom stereocenters. The lowest BCUT2D eigenvalue weighted by molar-refractivity contribution is -0.137. The molecule has 2 aromatic heterocycles. The molecule has 0 spiro atoms. The fourth-order valence-electron chi connectivity index (χ4n) is 6.84. The molecule has 0 unspecified atom stereocenters. The van der Waals surface area contributed by atoms with E-state index in [1.54, 1.807) is 24.3 Å². The topological polar surface area (TPSA) is 33.6 Å². The second kappa shape index (κ2) is 10.1. The second-order valence-corrected chi connectivity index (χ2v) is 11.8. The van der Waals surface area contributed by atoms with Crippen molar-refractivity contribution in [2.75, 3.05) is 0 Å². The molecule has 2 heterocycles. The molecule has 0 N–H and O–H groups in total. The Bertz CT molecular complexity index is 2560. The summed E-state index contributed by atoms with van der Waals surface area (Å²) in [5.41, 5.74) is 6.35. The zero-order chi connectivity index (χ0) is 31.7. The van der Waals surface area contributed by atoms with E-state index in [0.29, 0.717) is 22.5 Å². The van der Waals surface area contributed by atoms with Crippen LogP contribution in [-0.2, 0) is 6.18 Å². The lowest BCUT2D eigenvalue weighted by atomic mass is 9.95. The number of rotatable bonds is 3. The van der Waals surface area contributed by atoms with Gasteiger partial charge in [0, 0.05) is 21.5 Å². The summed E-state index contributed by atoms with van der Waals surface area (Å²) in [5.74, 6) is 0. The summed E-state index contributed by atoms with van der Waals surface area (Å²) in [5, 5.41) is 13.6. The highest BCUT2D eigenvalue weighted by Crippen LogP contribution is 2.45. The van der Waals surface area contributed by atoms with Crippen LogP contribution < -0.4 is 0 Å². The second-order valence-electron chi connectivity index (χ2n) is 11.8. The minimum atomic E-state index is -4.67. The van der Waals surface area contributed by atoms with Crippen LogP contribution in [0.15, 0.2) is 121 Å². The Morgan fingerprint density at radius 3 is 1.61 bits per heavy atom. The van der Waals surface area contributed by atoms with E-state index in [9.17, 15) is 5.26 Å². The molecule has 0 aliphatic carbocycles. The highest BCUT2D eigenvalue weighted by molar-refractivity contribution is 6.12. The van der Waals surface area contributed by atoms with Gasteiger partial charge < -0.3 is 9.13 Å². The van der Waals surface area contributed by atoms with E-state index in [0.717, 1.165) is 54.7 Å². The van der Waals surface area contributed by atoms with Gasteiger partial charge in [-0.3, -0.25) is 0 Å². The molecule has 0 bridgehead atoms. The maximum absolute atomic E-state index is 15.2. The van der Waals surface area contributed by atoms with Crippen molar-refractivity contribution in [3.05, 3.63) is 144 Å². The van der Waals surface area contributed by atoms with E-state index >= 15 is 13.2 Å². The van der Waals surface area contributed by atoms with Gasteiger partial charge in [-0.15, -0.1) is 0 Å². The van der Waals surface area contributed by atoms with Gasteiger partial charge in [0.15, 0.2) is 0 Å². The van der Waals surface area contributed by atoms with Gasteiger partial charge in [0.2, 0.25) is 0 Å². The van der Waals surface area contributed by atoms with Crippen LogP contribution in [0.2, 0.25) is 0 Å². The molecule has 0 aliphatic rings. The van der Waals surface area contributed by atoms with Crippen molar-refractivity contribution in [3.8, 4) is 28.6 Å². The van der Waals surface area contributed by atoms with Gasteiger partial charge in [-0.1, -0.05) is 72.8 Å². The van der Waals surface area contributed by atoms with E-state index in [2.05, 4.69) is 28.8 Å². The standard InChI is InChI=1S/C40H26F3N3/c1-24-14-16-30-28-10-3-5-12-34(28)45(36(30)18-24)38-21-32(27-9-7-8-26(20-27)23-44)33(40(41,42)43)22-39(38)46-35-13-6-4-11-29(35)31-17-15-25(2)19-37(31)46/h3-22H,1-2H3. The predicted molar refractivity (Wildman–Crippen MR) is 180 cm³/mol. The van der Waals surface area contributed by atoms with Gasteiger partial charge in [-0.05, 0) is 84.6 Å². The summed E-state index contributed by atoms with van der Waals surface area (Å²) in [6.07, 6.45) is -4.67. The molecule has 6 heteroatoms. The lowest BCUT2D eigenvalue weighted by Crippen LogP contribution is -2.12. The van der Waals surface area contributed by atoms with Crippen molar-refractivity contribution in [2.24, 2.45) is 0 Å². The van der Waals surface area contributed by atoms with Crippen LogP contribution in [-0.4, -0.2) is 9.13 Å². The lowest BCUT2D eigenvalue weighted by Gasteiger charge is -2.22. The number of nitriles is 1. The third-order valence-corrected chi connectivity index (χ3v) is 8.86. The quantitative estimate of drug-likeness (QED) is 0.197. The number of fused-ring (bicyclic) bond motifs is 6. The maximum Gasteiger partial charge on any atom is 0.417 e. The highest BCUT2D eigenvalue weighted by atomic mass is 19.4. The molecule has 0 radical (unpaired) electrons. The average molecular weight is 606 g/mol. The summed E-state index contributed by atoms with van der Waals surface area (Å²) in [6.45, 7) is 4.01. The first-order chi connectivity index (χ1) is 22.2. The Hall–Kier alpha value is -5.80. The zero-order valence-corrected chi connectivity index (χ0v) is 25.0. The molecule has 46 heavy (non-hydrogen) atoms. The van der Waals surface area contributed by atoms with Crippen molar-refractivity contribution in [3.63, 3.8) is 0 Å². The number of aryl methyl sites for hydroxylation is 2. The molecule has 8 aromatic rings. The predicted octanol–water partition coefficient (Wildman–Crippen LogP) is 11.1. The van der Waals surface area contributed by atoms with Crippen molar-refractivity contribution in [1.29, 1.82) is 5.26 Å². The monoisotopic (exact) mass is 605 g/mol. The Labute approximate surface area is 263 Å². The molecular formula is C40H26F3N3. The van der Waals surface area contributed by atoms with Crippen LogP contribution >= 0.6 is 0 Å². The van der Waals surface area contributed by atoms with Gasteiger partial charge in [0.25, 0.3) is 0 Å². The number of benzene rings is 6. The van der Waals surface area contributed by atoms with E-state index < -0.39 is 11.7 Å². The van der Waals surface area contributed by atoms with Crippen LogP contribution in [0.1, 0.15) is 22.3 Å². The molecule has 0 fully saturated rings. The van der Waals surface area contributed by atoms with Crippen LogP contribution in [0, 0.1) is 25.2 Å². The minimum absolute atomic E-state index is 0.0129. The maximum atomic E-state index is 15.2. The van der Waals surface area contributed by atoms with Crippen molar-refractivity contribution >= 4 is 43.6 Å². The van der Waals surface area contributed by atoms with Gasteiger partial charge in [0.05, 0.1) is 50.6 Å². The zero-order valence-electron chi connectivity index (χ0n) is 25.0. The van der Waals surface area contributed by atoms with Crippen LogP contribution in [0.4, 0.5) is 13.2 Å². The molecule has 0 aliphatic heterocycles. The van der Waals surface area contributed by atoms with Gasteiger partial charge in [-0.2, -0.15) is 18.4 Å². The van der Waals surface area contributed by atoms with E-state index in [4.69, 9.17) is 0 Å². The minimum Gasteiger partial charge on any atom is -0.307 e. The van der Waals surface area contributed by atoms with Crippen LogP contribution in [0.3, 0.4) is 0 Å². The number of alkyl halides is 3. The summed E-state index contributed by atoms with van der Waals surface area (Å²) < 4.78 is 49.6. The van der Waals surface area contributed by atoms with Crippen LogP contribution in [0.5, 0.6) is 0 Å². The largest absolute Gasteiger partial charge is 0.417 e. The highest BCUT2D eigenvalue weighted by Gasteiger charge is 2.36. The van der Waals surface area contributed by atoms with E-state index in [1.165, 1.54) is 12.1 Å². The third kappa shape index (κ3) is 4.20. The van der Waals surface area contributed by atoms with E-state index in [1.807, 2.05) is 85.1 Å². The molecule has 0 amide bonds. The molecule has 3 nitrogen and oxygen atoms in total. The number of hydrogen-bond acceptors (Lipinski definition) is 1. The summed E-state index contributed by atoms with van der Waals surface area (Å²) >= 11 is 0. The SMILES string of the molecule is Cc1ccc2c3ccccc3n(-c3cc(-c4cccc(C#N)c4)c(C(F)(F)F)cc3-n3c4ccccc4c4ccc(C)cc43)c2c1. The Balaban J connectivity index is 1.61. The van der Waals surface area contributed by atoms with Crippen molar-refractivity contribution in [2.45, 2.75) is 20.0 Å². The Morgan fingerprint density at radius 1 is 0.543 bits per heavy atom. The molecule has 6 aromatic carbocycles. The first-order valence-corrected chi connectivity index (χ1v) is 15.0. The summed E-state index contributed by atoms with van der Waals surface area (Å²) in [4.78, 5) is 0. The number of para-hydroxylation sites is 2. The molecule has 0 saturated carbocycles. The van der Waals surface area contributed by atoms with Crippen molar-refractivity contribution in [1.82, 2.24) is 9.13 Å². The first-order valence-electron chi connectivity index (χ1n) is 15.0. The van der Waals surface area contributed by atoms with Gasteiger partial charge >= 0.3 is 6.18 Å². The molecule has 222 valence electrons. The van der Waals surface area contributed by atoms with Gasteiger partial charge in [0.1, 0.15) is 0 Å². The summed E-state index contributed by atoms with van der Waals surface area (Å²) in [7, 11) is 0. The fraction of sp³-hybridized carbons (Fsp3) is 0.0750. The third-order valence-electron chi connectivity index (χ3n) is 8.86. The smallest absolute Gasteiger partial charge is 0.307 e. The van der Waals surface area contributed by atoms with E-state index in [-0.39, 0.29) is 5.56 Å². The number of aromatic nitrogens is 2. The Kier molecular flexibility index (Phi) is 6.10. The first kappa shape index (κ1) is 27.7. The van der Waals surface area contributed by atoms with Crippen molar-refractivity contribution < 1.29 is 13.2 Å². The normalized spacial score (nSPS) is 12.0. The molecule has 0 saturated heterocycles. The number of halogens is 3. The molecule has 8 rings (SSSR count). The Morgan fingerprint density at radius 2 is 1.07 bits per heavy atom. The number of nitrogens with zero attached hydrogens (tertiary/aromatic N) is 3. The van der Waals surface area contributed by atoms with Gasteiger partial charge in [-0.25, -0.2) is 0 Å². The van der Waals surface area contributed by atoms with Crippen LogP contribution in [0.25, 0.3) is 66.1 Å². The molecular weight excluding hydrogens is 579 g/mol. The average Bonchev–Trinajstić information content (AvgIpc) is 3.55. The summed E-state index contributed by atoms with van der Waals surface area (Å²) in [6, 6.07) is 39.6. The number of hydrogen-bond donors (Lipinski definition) is 0.